The van der Waals surface area contributed by atoms with Crippen molar-refractivity contribution in [3.8, 4) is 0 Å². The summed E-state index contributed by atoms with van der Waals surface area (Å²) in [4.78, 5) is 40.5. The van der Waals surface area contributed by atoms with Gasteiger partial charge in [0.05, 0.1) is 5.41 Å². The average molecular weight is 352 g/mol. The van der Waals surface area contributed by atoms with E-state index in [4.69, 9.17) is 5.73 Å². The van der Waals surface area contributed by atoms with Gasteiger partial charge in [-0.2, -0.15) is 0 Å². The molecule has 0 atom stereocenters. The Bertz CT molecular complexity index is 942. The van der Waals surface area contributed by atoms with E-state index in [1.165, 1.54) is 6.07 Å². The maximum Gasteiger partial charge on any atom is 0.261 e. The zero-order chi connectivity index (χ0) is 18.3. The van der Waals surface area contributed by atoms with Crippen LogP contribution in [0.4, 0.5) is 5.69 Å². The zero-order valence-corrected chi connectivity index (χ0v) is 14.2. The lowest BCUT2D eigenvalue weighted by Crippen LogP contribution is -2.46. The number of aromatic nitrogens is 1. The third-order valence-electron chi connectivity index (χ3n) is 5.46. The maximum atomic E-state index is 12.6. The fourth-order valence-corrected chi connectivity index (χ4v) is 4.00. The van der Waals surface area contributed by atoms with E-state index in [1.807, 2.05) is 24.3 Å². The normalized spacial score (nSPS) is 18.5. The van der Waals surface area contributed by atoms with Gasteiger partial charge < -0.3 is 16.0 Å². The predicted molar refractivity (Wildman–Crippen MR) is 96.8 cm³/mol. The number of aromatic amines is 1. The van der Waals surface area contributed by atoms with Crippen LogP contribution in [-0.2, 0) is 16.8 Å². The monoisotopic (exact) mass is 352 g/mol. The van der Waals surface area contributed by atoms with E-state index in [2.05, 4.69) is 15.2 Å². The van der Waals surface area contributed by atoms with Crippen LogP contribution in [-0.4, -0.2) is 34.8 Å². The lowest BCUT2D eigenvalue weighted by Gasteiger charge is -2.37. The van der Waals surface area contributed by atoms with Crippen LogP contribution in [0.2, 0.25) is 0 Å². The number of carbonyl (C=O) groups is 2. The number of H-pyrrole nitrogens is 1. The van der Waals surface area contributed by atoms with Crippen LogP contribution >= 0.6 is 0 Å². The van der Waals surface area contributed by atoms with Crippen LogP contribution in [0, 0.1) is 0 Å². The molecule has 1 aromatic heterocycles. The summed E-state index contributed by atoms with van der Waals surface area (Å²) in [7, 11) is 0. The summed E-state index contributed by atoms with van der Waals surface area (Å²) in [6.45, 7) is 2.07. The first kappa shape index (κ1) is 16.5. The number of hydrogen-bond acceptors (Lipinski definition) is 4. The molecule has 4 N–H and O–H groups in total. The van der Waals surface area contributed by atoms with Crippen LogP contribution in [0.3, 0.4) is 0 Å². The Hall–Kier alpha value is -2.93. The van der Waals surface area contributed by atoms with Gasteiger partial charge in [-0.05, 0) is 49.7 Å². The highest BCUT2D eigenvalue weighted by atomic mass is 16.2. The van der Waals surface area contributed by atoms with Crippen molar-refractivity contribution in [3.05, 3.63) is 63.6 Å². The number of nitrogens with two attached hydrogens (primary N) is 1. The summed E-state index contributed by atoms with van der Waals surface area (Å²) in [6, 6.07) is 11.0. The number of carbonyl (C=O) groups excluding carboxylic acids is 2. The number of primary amides is 1. The molecule has 1 aromatic carbocycles. The topological polar surface area (TPSA) is 108 Å². The minimum Gasteiger partial charge on any atom is -0.365 e. The van der Waals surface area contributed by atoms with Gasteiger partial charge in [-0.1, -0.05) is 18.2 Å². The SMILES string of the molecule is NC(=O)c1ccc(CN2CCC3(CC2)C(=O)Nc2ccccc23)[nH]c1=O. The molecule has 2 amide bonds. The Morgan fingerprint density at radius 3 is 2.54 bits per heavy atom. The van der Waals surface area contributed by atoms with E-state index < -0.39 is 16.9 Å². The standard InChI is InChI=1S/C19H20N4O3/c20-16(24)13-6-5-12(21-17(13)25)11-23-9-7-19(8-10-23)14-3-1-2-4-15(14)22-18(19)26/h1-6H,7-11H2,(H2,20,24)(H,21,25)(H,22,26). The molecule has 134 valence electrons. The predicted octanol–water partition coefficient (Wildman–Crippen LogP) is 0.960. The van der Waals surface area contributed by atoms with Gasteiger partial charge in [0.1, 0.15) is 5.56 Å². The van der Waals surface area contributed by atoms with Crippen molar-refractivity contribution in [2.24, 2.45) is 5.73 Å². The highest BCUT2D eigenvalue weighted by molar-refractivity contribution is 6.06. The van der Waals surface area contributed by atoms with Crippen molar-refractivity contribution in [2.75, 3.05) is 18.4 Å². The molecule has 0 unspecified atom stereocenters. The Morgan fingerprint density at radius 1 is 1.12 bits per heavy atom. The Labute approximate surface area is 150 Å². The lowest BCUT2D eigenvalue weighted by atomic mass is 9.73. The lowest BCUT2D eigenvalue weighted by molar-refractivity contribution is -0.122. The van der Waals surface area contributed by atoms with Crippen molar-refractivity contribution in [2.45, 2.75) is 24.8 Å². The molecule has 2 aromatic rings. The third-order valence-corrected chi connectivity index (χ3v) is 5.46. The second-order valence-corrected chi connectivity index (χ2v) is 6.95. The number of pyridine rings is 1. The molecule has 0 aliphatic carbocycles. The quantitative estimate of drug-likeness (QED) is 0.764. The minimum atomic E-state index is -0.733. The first-order valence-electron chi connectivity index (χ1n) is 8.65. The fourth-order valence-electron chi connectivity index (χ4n) is 4.00. The summed E-state index contributed by atoms with van der Waals surface area (Å²) in [5, 5.41) is 3.00. The first-order chi connectivity index (χ1) is 12.5. The van der Waals surface area contributed by atoms with E-state index >= 15 is 0 Å². The highest BCUT2D eigenvalue weighted by Gasteiger charge is 2.48. The summed E-state index contributed by atoms with van der Waals surface area (Å²) in [5.74, 6) is -0.652. The molecule has 7 nitrogen and oxygen atoms in total. The molecule has 3 heterocycles. The molecule has 0 bridgehead atoms. The average Bonchev–Trinajstić information content (AvgIpc) is 2.89. The second-order valence-electron chi connectivity index (χ2n) is 6.95. The van der Waals surface area contributed by atoms with Crippen molar-refractivity contribution >= 4 is 17.5 Å². The molecular formula is C19H20N4O3. The molecule has 2 aliphatic heterocycles. The van der Waals surface area contributed by atoms with E-state index in [0.717, 1.165) is 42.9 Å². The number of nitrogens with one attached hydrogen (secondary N) is 2. The number of rotatable bonds is 3. The second kappa shape index (κ2) is 6.10. The summed E-state index contributed by atoms with van der Waals surface area (Å²) >= 11 is 0. The number of para-hydroxylation sites is 1. The van der Waals surface area contributed by atoms with E-state index in [0.29, 0.717) is 6.54 Å². The summed E-state index contributed by atoms with van der Waals surface area (Å²) in [5.41, 5.74) is 6.94. The van der Waals surface area contributed by atoms with Crippen LogP contribution in [0.5, 0.6) is 0 Å². The van der Waals surface area contributed by atoms with Crippen LogP contribution < -0.4 is 16.6 Å². The minimum absolute atomic E-state index is 0.0365. The number of anilines is 1. The number of nitrogens with zero attached hydrogens (tertiary/aromatic N) is 1. The fraction of sp³-hybridized carbons (Fsp3) is 0.316. The highest BCUT2D eigenvalue weighted by Crippen LogP contribution is 2.44. The van der Waals surface area contributed by atoms with Gasteiger partial charge in [0.2, 0.25) is 5.91 Å². The Balaban J connectivity index is 1.48. The van der Waals surface area contributed by atoms with Gasteiger partial charge >= 0.3 is 0 Å². The van der Waals surface area contributed by atoms with E-state index in [1.54, 1.807) is 6.07 Å². The van der Waals surface area contributed by atoms with Gasteiger partial charge in [-0.25, -0.2) is 0 Å². The van der Waals surface area contributed by atoms with Gasteiger partial charge in [-0.3, -0.25) is 19.3 Å². The van der Waals surface area contributed by atoms with Crippen LogP contribution in [0.25, 0.3) is 0 Å². The first-order valence-corrected chi connectivity index (χ1v) is 8.65. The molecule has 0 saturated carbocycles. The molecular weight excluding hydrogens is 332 g/mol. The molecule has 7 heteroatoms. The van der Waals surface area contributed by atoms with Crippen LogP contribution in [0.1, 0.15) is 34.5 Å². The molecule has 4 rings (SSSR count). The number of piperidine rings is 1. The number of likely N-dealkylation sites (tertiary alicyclic amines) is 1. The van der Waals surface area contributed by atoms with Gasteiger partial charge in [0, 0.05) is 17.9 Å². The van der Waals surface area contributed by atoms with Gasteiger partial charge in [0.25, 0.3) is 11.5 Å². The van der Waals surface area contributed by atoms with E-state index in [9.17, 15) is 14.4 Å². The van der Waals surface area contributed by atoms with Crippen molar-refractivity contribution in [3.63, 3.8) is 0 Å². The number of amides is 2. The van der Waals surface area contributed by atoms with Gasteiger partial charge in [0.15, 0.2) is 0 Å². The summed E-state index contributed by atoms with van der Waals surface area (Å²) in [6.07, 6.45) is 1.47. The molecule has 1 saturated heterocycles. The van der Waals surface area contributed by atoms with Crippen molar-refractivity contribution < 1.29 is 9.59 Å². The molecule has 26 heavy (non-hydrogen) atoms. The number of hydrogen-bond donors (Lipinski definition) is 3. The molecule has 2 aliphatic rings. The smallest absolute Gasteiger partial charge is 0.261 e. The number of benzene rings is 1. The maximum absolute atomic E-state index is 12.6. The van der Waals surface area contributed by atoms with E-state index in [-0.39, 0.29) is 11.5 Å². The van der Waals surface area contributed by atoms with Gasteiger partial charge in [-0.15, -0.1) is 0 Å². The number of fused-ring (bicyclic) bond motifs is 2. The zero-order valence-electron chi connectivity index (χ0n) is 14.2. The molecule has 0 radical (unpaired) electrons. The largest absolute Gasteiger partial charge is 0.365 e. The molecule has 1 fully saturated rings. The molecule has 1 spiro atoms. The van der Waals surface area contributed by atoms with Crippen LogP contribution in [0.15, 0.2) is 41.2 Å². The summed E-state index contributed by atoms with van der Waals surface area (Å²) < 4.78 is 0. The Kier molecular flexibility index (Phi) is 3.88. The Morgan fingerprint density at radius 2 is 1.85 bits per heavy atom. The third kappa shape index (κ3) is 2.61. The van der Waals surface area contributed by atoms with Crippen molar-refractivity contribution in [1.82, 2.24) is 9.88 Å². The van der Waals surface area contributed by atoms with Crippen molar-refractivity contribution in [1.29, 1.82) is 0 Å².